The number of nitrogens with one attached hydrogen (secondary N) is 1. The molecule has 0 aliphatic carbocycles. The second kappa shape index (κ2) is 9.17. The fourth-order valence-electron chi connectivity index (χ4n) is 4.68. The summed E-state index contributed by atoms with van der Waals surface area (Å²) in [5.41, 5.74) is 1.93. The van der Waals surface area contributed by atoms with Gasteiger partial charge in [0.25, 0.3) is 0 Å². The minimum Gasteiger partial charge on any atom is -0.354 e. The lowest BCUT2D eigenvalue weighted by molar-refractivity contribution is -0.128. The van der Waals surface area contributed by atoms with Crippen LogP contribution in [0, 0.1) is 18.3 Å². The third-order valence-electron chi connectivity index (χ3n) is 6.65. The summed E-state index contributed by atoms with van der Waals surface area (Å²) in [5, 5.41) is 3.17. The zero-order valence-electron chi connectivity index (χ0n) is 18.3. The smallest absolute Gasteiger partial charge is 0.231 e. The summed E-state index contributed by atoms with van der Waals surface area (Å²) in [6, 6.07) is 10.8. The number of amides is 1. The quantitative estimate of drug-likeness (QED) is 0.763. The number of carbonyl (C=O) groups is 1. The monoisotopic (exact) mass is 406 g/mol. The summed E-state index contributed by atoms with van der Waals surface area (Å²) in [7, 11) is 0. The molecule has 2 aromatic rings. The number of rotatable bonds is 7. The van der Waals surface area contributed by atoms with Gasteiger partial charge < -0.3 is 14.8 Å². The molecule has 1 saturated heterocycles. The molecule has 1 atom stereocenters. The number of aromatic nitrogens is 2. The molecule has 4 rings (SSSR count). The van der Waals surface area contributed by atoms with Crippen molar-refractivity contribution in [2.75, 3.05) is 26.2 Å². The molecule has 1 amide bonds. The molecule has 1 unspecified atom stereocenters. The van der Waals surface area contributed by atoms with E-state index in [-0.39, 0.29) is 5.91 Å². The summed E-state index contributed by atoms with van der Waals surface area (Å²) < 4.78 is 2.08. The summed E-state index contributed by atoms with van der Waals surface area (Å²) in [6.07, 6.45) is 11.0. The standard InChI is InChI=1S/C25H34N4O/c1-20-18-29-19-25(2,13-10-23(29)27-20)24(30)26-14-17-28-15-11-22(12-16-28)9-8-21-6-4-3-5-7-21/h3-7,10,13,18,22H,8-9,11-12,14-17,19H2,1-2H3,(H,26,30). The van der Waals surface area contributed by atoms with Gasteiger partial charge in [0.1, 0.15) is 5.82 Å². The van der Waals surface area contributed by atoms with Crippen LogP contribution in [-0.2, 0) is 17.8 Å². The summed E-state index contributed by atoms with van der Waals surface area (Å²) >= 11 is 0. The second-order valence-corrected chi connectivity index (χ2v) is 9.18. The first-order chi connectivity index (χ1) is 14.5. The second-order valence-electron chi connectivity index (χ2n) is 9.18. The number of fused-ring (bicyclic) bond motifs is 1. The van der Waals surface area contributed by atoms with Gasteiger partial charge in [0.15, 0.2) is 0 Å². The molecule has 2 aliphatic rings. The average Bonchev–Trinajstić information content (AvgIpc) is 3.12. The largest absolute Gasteiger partial charge is 0.354 e. The normalized spacial score (nSPS) is 22.1. The van der Waals surface area contributed by atoms with Crippen molar-refractivity contribution >= 4 is 12.0 Å². The van der Waals surface area contributed by atoms with Gasteiger partial charge in [0, 0.05) is 25.8 Å². The van der Waals surface area contributed by atoms with E-state index in [1.165, 1.54) is 31.2 Å². The first kappa shape index (κ1) is 20.9. The van der Waals surface area contributed by atoms with Crippen molar-refractivity contribution in [2.45, 2.75) is 46.1 Å². The molecular weight excluding hydrogens is 372 g/mol. The van der Waals surface area contributed by atoms with Gasteiger partial charge in [-0.3, -0.25) is 4.79 Å². The Morgan fingerprint density at radius 1 is 1.23 bits per heavy atom. The first-order valence-corrected chi connectivity index (χ1v) is 11.3. The van der Waals surface area contributed by atoms with Gasteiger partial charge in [-0.15, -0.1) is 0 Å². The van der Waals surface area contributed by atoms with Crippen LogP contribution in [0.2, 0.25) is 0 Å². The molecule has 0 radical (unpaired) electrons. The fraction of sp³-hybridized carbons (Fsp3) is 0.520. The molecule has 5 nitrogen and oxygen atoms in total. The lowest BCUT2D eigenvalue weighted by Crippen LogP contribution is -2.45. The van der Waals surface area contributed by atoms with E-state index in [4.69, 9.17) is 0 Å². The Bertz CT molecular complexity index is 880. The van der Waals surface area contributed by atoms with Crippen LogP contribution >= 0.6 is 0 Å². The first-order valence-electron chi connectivity index (χ1n) is 11.3. The number of hydrogen-bond acceptors (Lipinski definition) is 3. The molecule has 1 aromatic carbocycles. The highest BCUT2D eigenvalue weighted by Gasteiger charge is 2.34. The molecule has 2 aliphatic heterocycles. The Morgan fingerprint density at radius 3 is 2.77 bits per heavy atom. The van der Waals surface area contributed by atoms with Crippen LogP contribution in [0.4, 0.5) is 0 Å². The van der Waals surface area contributed by atoms with E-state index in [0.29, 0.717) is 13.1 Å². The highest BCUT2D eigenvalue weighted by molar-refractivity contribution is 5.85. The predicted octanol–water partition coefficient (Wildman–Crippen LogP) is 3.69. The van der Waals surface area contributed by atoms with E-state index in [1.807, 2.05) is 32.2 Å². The van der Waals surface area contributed by atoms with E-state index < -0.39 is 5.41 Å². The van der Waals surface area contributed by atoms with Crippen LogP contribution < -0.4 is 5.32 Å². The molecule has 3 heterocycles. The van der Waals surface area contributed by atoms with Gasteiger partial charge in [-0.25, -0.2) is 4.98 Å². The lowest BCUT2D eigenvalue weighted by Gasteiger charge is -2.33. The SMILES string of the molecule is Cc1cn2c(n1)C=CC(C)(C(=O)NCCN1CCC(CCc3ccccc3)CC1)C2. The van der Waals surface area contributed by atoms with Crippen molar-refractivity contribution in [1.29, 1.82) is 0 Å². The number of imidazole rings is 1. The van der Waals surface area contributed by atoms with Crippen molar-refractivity contribution in [3.05, 3.63) is 59.7 Å². The lowest BCUT2D eigenvalue weighted by atomic mass is 9.87. The summed E-state index contributed by atoms with van der Waals surface area (Å²) in [5.74, 6) is 1.87. The Labute approximate surface area is 180 Å². The van der Waals surface area contributed by atoms with Gasteiger partial charge in [-0.1, -0.05) is 36.4 Å². The van der Waals surface area contributed by atoms with Crippen molar-refractivity contribution in [3.63, 3.8) is 0 Å². The molecule has 0 bridgehead atoms. The van der Waals surface area contributed by atoms with E-state index in [9.17, 15) is 4.79 Å². The van der Waals surface area contributed by atoms with Crippen molar-refractivity contribution in [2.24, 2.45) is 11.3 Å². The molecule has 1 N–H and O–H groups in total. The van der Waals surface area contributed by atoms with E-state index in [1.54, 1.807) is 0 Å². The Kier molecular flexibility index (Phi) is 6.38. The minimum absolute atomic E-state index is 0.105. The maximum absolute atomic E-state index is 12.8. The Hall–Kier alpha value is -2.40. The van der Waals surface area contributed by atoms with E-state index in [2.05, 4.69) is 50.1 Å². The van der Waals surface area contributed by atoms with Crippen molar-refractivity contribution < 1.29 is 4.79 Å². The van der Waals surface area contributed by atoms with Crippen molar-refractivity contribution in [1.82, 2.24) is 19.8 Å². The molecule has 0 saturated carbocycles. The third kappa shape index (κ3) is 5.01. The van der Waals surface area contributed by atoms with Crippen LogP contribution in [0.1, 0.15) is 43.3 Å². The van der Waals surface area contributed by atoms with Gasteiger partial charge >= 0.3 is 0 Å². The molecule has 160 valence electrons. The third-order valence-corrected chi connectivity index (χ3v) is 6.65. The van der Waals surface area contributed by atoms with E-state index in [0.717, 1.165) is 37.1 Å². The average molecular weight is 407 g/mol. The summed E-state index contributed by atoms with van der Waals surface area (Å²) in [4.78, 5) is 19.8. The van der Waals surface area contributed by atoms with Crippen LogP contribution in [0.15, 0.2) is 42.6 Å². The topological polar surface area (TPSA) is 50.2 Å². The molecule has 1 fully saturated rings. The molecule has 0 spiro atoms. The maximum atomic E-state index is 12.8. The van der Waals surface area contributed by atoms with Crippen LogP contribution in [0.3, 0.4) is 0 Å². The Morgan fingerprint density at radius 2 is 2.00 bits per heavy atom. The number of piperidine rings is 1. The molecular formula is C25H34N4O. The number of likely N-dealkylation sites (tertiary alicyclic amines) is 1. The zero-order chi connectivity index (χ0) is 21.0. The van der Waals surface area contributed by atoms with Crippen LogP contribution in [-0.4, -0.2) is 46.5 Å². The fourth-order valence-corrected chi connectivity index (χ4v) is 4.68. The van der Waals surface area contributed by atoms with E-state index >= 15 is 0 Å². The van der Waals surface area contributed by atoms with Gasteiger partial charge in [0.05, 0.1) is 11.1 Å². The zero-order valence-corrected chi connectivity index (χ0v) is 18.3. The number of carbonyl (C=O) groups excluding carboxylic acids is 1. The maximum Gasteiger partial charge on any atom is 0.231 e. The number of aryl methyl sites for hydroxylation is 2. The van der Waals surface area contributed by atoms with Gasteiger partial charge in [-0.2, -0.15) is 0 Å². The Balaban J connectivity index is 1.16. The molecule has 1 aromatic heterocycles. The highest BCUT2D eigenvalue weighted by atomic mass is 16.2. The summed E-state index contributed by atoms with van der Waals surface area (Å²) in [6.45, 7) is 8.59. The molecule has 5 heteroatoms. The predicted molar refractivity (Wildman–Crippen MR) is 121 cm³/mol. The number of nitrogens with zero attached hydrogens (tertiary/aromatic N) is 3. The van der Waals surface area contributed by atoms with Crippen molar-refractivity contribution in [3.8, 4) is 0 Å². The molecule has 30 heavy (non-hydrogen) atoms. The number of hydrogen-bond donors (Lipinski definition) is 1. The highest BCUT2D eigenvalue weighted by Crippen LogP contribution is 2.28. The minimum atomic E-state index is -0.509. The van der Waals surface area contributed by atoms with Crippen LogP contribution in [0.5, 0.6) is 0 Å². The number of benzene rings is 1. The van der Waals surface area contributed by atoms with Crippen LogP contribution in [0.25, 0.3) is 6.08 Å². The van der Waals surface area contributed by atoms with Gasteiger partial charge in [-0.05, 0) is 70.2 Å². The van der Waals surface area contributed by atoms with Gasteiger partial charge in [0.2, 0.25) is 5.91 Å².